The Kier molecular flexibility index (Phi) is 7.57. The van der Waals surface area contributed by atoms with E-state index in [1.54, 1.807) is 18.2 Å². The van der Waals surface area contributed by atoms with Gasteiger partial charge in [0.15, 0.2) is 0 Å². The maximum Gasteiger partial charge on any atom is 0.269 e. The van der Waals surface area contributed by atoms with Crippen molar-refractivity contribution in [3.8, 4) is 0 Å². The minimum atomic E-state index is -3.99. The lowest BCUT2D eigenvalue weighted by atomic mass is 9.98. The van der Waals surface area contributed by atoms with Crippen LogP contribution in [0, 0.1) is 22.0 Å². The lowest BCUT2D eigenvalue weighted by molar-refractivity contribution is -0.384. The van der Waals surface area contributed by atoms with Gasteiger partial charge in [0.1, 0.15) is 0 Å². The number of sulfonamides is 1. The molecule has 1 aliphatic rings. The van der Waals surface area contributed by atoms with Crippen molar-refractivity contribution in [2.45, 2.75) is 38.5 Å². The zero-order valence-electron chi connectivity index (χ0n) is 19.1. The molecule has 0 aromatic heterocycles. The normalized spacial score (nSPS) is 14.8. The summed E-state index contributed by atoms with van der Waals surface area (Å²) >= 11 is 0. The molecule has 9 nitrogen and oxygen atoms in total. The molecule has 2 N–H and O–H groups in total. The number of nitro groups is 1. The summed E-state index contributed by atoms with van der Waals surface area (Å²) in [6, 6.07) is 9.59. The summed E-state index contributed by atoms with van der Waals surface area (Å²) in [5.74, 6) is 0.651. The summed E-state index contributed by atoms with van der Waals surface area (Å²) in [6.45, 7) is 8.39. The van der Waals surface area contributed by atoms with Crippen molar-refractivity contribution in [3.05, 3.63) is 58.1 Å². The second-order valence-corrected chi connectivity index (χ2v) is 10.5. The van der Waals surface area contributed by atoms with E-state index in [0.717, 1.165) is 43.8 Å². The lowest BCUT2D eigenvalue weighted by Crippen LogP contribution is -2.35. The number of piperidine rings is 1. The summed E-state index contributed by atoms with van der Waals surface area (Å²) in [4.78, 5) is 25.3. The predicted molar refractivity (Wildman–Crippen MR) is 128 cm³/mol. The van der Waals surface area contributed by atoms with Crippen LogP contribution >= 0.6 is 0 Å². The number of hydrogen-bond acceptors (Lipinski definition) is 6. The monoisotopic (exact) mass is 474 g/mol. The summed E-state index contributed by atoms with van der Waals surface area (Å²) in [5.41, 5.74) is 1.24. The first-order valence-electron chi connectivity index (χ1n) is 11.0. The van der Waals surface area contributed by atoms with Crippen LogP contribution in [0.2, 0.25) is 0 Å². The van der Waals surface area contributed by atoms with E-state index in [0.29, 0.717) is 18.0 Å². The van der Waals surface area contributed by atoms with Crippen LogP contribution < -0.4 is 14.9 Å². The Morgan fingerprint density at radius 1 is 1.15 bits per heavy atom. The molecule has 0 saturated carbocycles. The molecule has 1 heterocycles. The van der Waals surface area contributed by atoms with E-state index in [1.165, 1.54) is 12.1 Å². The fourth-order valence-electron chi connectivity index (χ4n) is 3.66. The third-order valence-corrected chi connectivity index (χ3v) is 7.04. The van der Waals surface area contributed by atoms with Crippen LogP contribution in [-0.2, 0) is 10.0 Å². The number of carbonyl (C=O) groups excluding carboxylic acids is 1. The number of anilines is 2. The number of nitro benzene ring substituents is 1. The third kappa shape index (κ3) is 6.22. The van der Waals surface area contributed by atoms with Gasteiger partial charge in [0.05, 0.1) is 15.4 Å². The Morgan fingerprint density at radius 2 is 1.79 bits per heavy atom. The van der Waals surface area contributed by atoms with Crippen LogP contribution in [0.15, 0.2) is 47.4 Å². The van der Waals surface area contributed by atoms with Crippen molar-refractivity contribution in [3.63, 3.8) is 0 Å². The fourth-order valence-corrected chi connectivity index (χ4v) is 4.71. The van der Waals surface area contributed by atoms with Gasteiger partial charge >= 0.3 is 0 Å². The van der Waals surface area contributed by atoms with Gasteiger partial charge in [0.25, 0.3) is 21.6 Å². The molecule has 2 aromatic rings. The standard InChI is InChI=1S/C23H30N4O5S/c1-16(2)15-24-23(28)21-14-18(4-9-22(21)26-12-10-17(3)11-13-26)25-33(31,32)20-7-5-19(6-8-20)27(29)30/h4-9,14,16-17,25H,10-13,15H2,1-3H3,(H,24,28). The Labute approximate surface area is 194 Å². The Balaban J connectivity index is 1.89. The molecule has 0 atom stereocenters. The van der Waals surface area contributed by atoms with E-state index in [-0.39, 0.29) is 28.1 Å². The minimum absolute atomic E-state index is 0.104. The molecule has 0 radical (unpaired) electrons. The molecule has 1 saturated heterocycles. The number of nitrogens with one attached hydrogen (secondary N) is 2. The minimum Gasteiger partial charge on any atom is -0.371 e. The number of amides is 1. The summed E-state index contributed by atoms with van der Waals surface area (Å²) in [6.07, 6.45) is 2.06. The Hall–Kier alpha value is -3.14. The zero-order chi connectivity index (χ0) is 24.2. The van der Waals surface area contributed by atoms with E-state index >= 15 is 0 Å². The summed E-state index contributed by atoms with van der Waals surface area (Å²) in [5, 5.41) is 13.7. The molecular weight excluding hydrogens is 444 g/mol. The van der Waals surface area contributed by atoms with E-state index in [4.69, 9.17) is 0 Å². The van der Waals surface area contributed by atoms with Crippen molar-refractivity contribution in [2.24, 2.45) is 11.8 Å². The average molecular weight is 475 g/mol. The number of nitrogens with zero attached hydrogens (tertiary/aromatic N) is 2. The van der Waals surface area contributed by atoms with Crippen LogP contribution in [0.25, 0.3) is 0 Å². The van der Waals surface area contributed by atoms with Crippen molar-refractivity contribution < 1.29 is 18.1 Å². The summed E-state index contributed by atoms with van der Waals surface area (Å²) < 4.78 is 28.1. The first-order valence-corrected chi connectivity index (χ1v) is 12.5. The first-order chi connectivity index (χ1) is 15.6. The fraction of sp³-hybridized carbons (Fsp3) is 0.435. The molecule has 1 fully saturated rings. The molecule has 3 rings (SSSR count). The third-order valence-electron chi connectivity index (χ3n) is 5.65. The molecule has 10 heteroatoms. The molecule has 178 valence electrons. The molecule has 1 aliphatic heterocycles. The SMILES string of the molecule is CC(C)CNC(=O)c1cc(NS(=O)(=O)c2ccc([N+](=O)[O-])cc2)ccc1N1CCC(C)CC1. The van der Waals surface area contributed by atoms with Gasteiger partial charge in [-0.1, -0.05) is 20.8 Å². The number of hydrogen-bond donors (Lipinski definition) is 2. The molecule has 0 bridgehead atoms. The van der Waals surface area contributed by atoms with Gasteiger partial charge in [-0.25, -0.2) is 8.42 Å². The average Bonchev–Trinajstić information content (AvgIpc) is 2.78. The van der Waals surface area contributed by atoms with Gasteiger partial charge in [-0.2, -0.15) is 0 Å². The van der Waals surface area contributed by atoms with Crippen LogP contribution in [0.4, 0.5) is 17.1 Å². The second-order valence-electron chi connectivity index (χ2n) is 8.86. The number of non-ortho nitro benzene ring substituents is 1. The first kappa shape index (κ1) is 24.5. The van der Waals surface area contributed by atoms with E-state index < -0.39 is 14.9 Å². The Morgan fingerprint density at radius 3 is 2.36 bits per heavy atom. The molecule has 2 aromatic carbocycles. The zero-order valence-corrected chi connectivity index (χ0v) is 19.9. The number of carbonyl (C=O) groups is 1. The Bertz CT molecular complexity index is 1110. The van der Waals surface area contributed by atoms with E-state index in [1.807, 2.05) is 13.8 Å². The highest BCUT2D eigenvalue weighted by Gasteiger charge is 2.23. The van der Waals surface area contributed by atoms with Gasteiger partial charge in [-0.3, -0.25) is 19.6 Å². The van der Waals surface area contributed by atoms with Crippen LogP contribution in [-0.4, -0.2) is 38.9 Å². The highest BCUT2D eigenvalue weighted by Crippen LogP contribution is 2.30. The number of benzene rings is 2. The van der Waals surface area contributed by atoms with Gasteiger partial charge in [-0.15, -0.1) is 0 Å². The molecule has 33 heavy (non-hydrogen) atoms. The van der Waals surface area contributed by atoms with Crippen LogP contribution in [0.1, 0.15) is 44.0 Å². The second kappa shape index (κ2) is 10.2. The number of rotatable bonds is 8. The lowest BCUT2D eigenvalue weighted by Gasteiger charge is -2.33. The van der Waals surface area contributed by atoms with Crippen molar-refractivity contribution >= 4 is 33.0 Å². The largest absolute Gasteiger partial charge is 0.371 e. The summed E-state index contributed by atoms with van der Waals surface area (Å²) in [7, 11) is -3.99. The molecule has 0 unspecified atom stereocenters. The van der Waals surface area contributed by atoms with Gasteiger partial charge < -0.3 is 10.2 Å². The molecular formula is C23H30N4O5S. The highest BCUT2D eigenvalue weighted by atomic mass is 32.2. The highest BCUT2D eigenvalue weighted by molar-refractivity contribution is 7.92. The van der Waals surface area contributed by atoms with Gasteiger partial charge in [0, 0.05) is 43.1 Å². The molecule has 1 amide bonds. The molecule has 0 spiro atoms. The maximum atomic E-state index is 13.0. The van der Waals surface area contributed by atoms with Crippen molar-refractivity contribution in [1.29, 1.82) is 0 Å². The van der Waals surface area contributed by atoms with E-state index in [2.05, 4.69) is 21.9 Å². The van der Waals surface area contributed by atoms with E-state index in [9.17, 15) is 23.3 Å². The van der Waals surface area contributed by atoms with Crippen molar-refractivity contribution in [2.75, 3.05) is 29.3 Å². The topological polar surface area (TPSA) is 122 Å². The van der Waals surface area contributed by atoms with Crippen LogP contribution in [0.3, 0.4) is 0 Å². The maximum absolute atomic E-state index is 13.0. The van der Waals surface area contributed by atoms with Gasteiger partial charge in [0.2, 0.25) is 0 Å². The quantitative estimate of drug-likeness (QED) is 0.440. The van der Waals surface area contributed by atoms with Crippen LogP contribution in [0.5, 0.6) is 0 Å². The molecule has 0 aliphatic carbocycles. The van der Waals surface area contributed by atoms with Gasteiger partial charge in [-0.05, 0) is 55.0 Å². The predicted octanol–water partition coefficient (Wildman–Crippen LogP) is 4.02. The smallest absolute Gasteiger partial charge is 0.269 e. The van der Waals surface area contributed by atoms with Crippen molar-refractivity contribution in [1.82, 2.24) is 5.32 Å².